The number of carbonyl (C=O) groups is 15. The molecule has 1 aromatic heterocycles. The highest BCUT2D eigenvalue weighted by atomic mass is 32.2. The van der Waals surface area contributed by atoms with Gasteiger partial charge in [0.2, 0.25) is 47.3 Å². The van der Waals surface area contributed by atoms with E-state index in [1.54, 1.807) is 24.7 Å². The van der Waals surface area contributed by atoms with E-state index < -0.39 is 205 Å². The highest BCUT2D eigenvalue weighted by molar-refractivity contribution is 7.98. The molecule has 0 saturated carbocycles. The van der Waals surface area contributed by atoms with Gasteiger partial charge in [0.1, 0.15) is 11.8 Å². The maximum absolute atomic E-state index is 14.8. The number of hydrogen-bond acceptors (Lipinski definition) is 23. The summed E-state index contributed by atoms with van der Waals surface area (Å²) < 4.78 is 0. The van der Waals surface area contributed by atoms with Crippen LogP contribution in [0.1, 0.15) is 278 Å². The van der Waals surface area contributed by atoms with Crippen molar-refractivity contribution in [3.05, 3.63) is 53.9 Å². The van der Waals surface area contributed by atoms with Crippen molar-refractivity contribution in [3.8, 4) is 5.75 Å². The summed E-state index contributed by atoms with van der Waals surface area (Å²) in [5.74, 6) is -20.4. The van der Waals surface area contributed by atoms with Crippen LogP contribution in [0.5, 0.6) is 5.75 Å². The average molecular weight is 1850 g/mol. The van der Waals surface area contributed by atoms with Crippen molar-refractivity contribution in [3.63, 3.8) is 0 Å². The number of nitrogens with one attached hydrogen (secondary N) is 8. The molecule has 0 aliphatic carbocycles. The third-order valence-electron chi connectivity index (χ3n) is 23.0. The summed E-state index contributed by atoms with van der Waals surface area (Å²) in [6, 6.07) is -1.94. The minimum absolute atomic E-state index is 0.000384. The van der Waals surface area contributed by atoms with Crippen molar-refractivity contribution in [2.45, 2.75) is 328 Å². The molecule has 14 atom stereocenters. The van der Waals surface area contributed by atoms with Gasteiger partial charge in [0, 0.05) is 94.1 Å². The number of guanidine groups is 2. The number of nitrogens with two attached hydrogens (primary N) is 7. The Bertz CT molecular complexity index is 3840. The smallest absolute Gasteiger partial charge is 0.305 e. The second-order valence-electron chi connectivity index (χ2n) is 35.5. The second kappa shape index (κ2) is 66.6. The number of carbonyl (C=O) groups excluding carboxylic acids is 14. The van der Waals surface area contributed by atoms with Gasteiger partial charge in [-0.1, -0.05) is 131 Å². The van der Waals surface area contributed by atoms with E-state index in [0.717, 1.165) is 38.2 Å². The number of hydrogen-bond donors (Lipinski definition) is 19. The molecule has 8 amide bonds. The Balaban J connectivity index is 2.43. The van der Waals surface area contributed by atoms with Gasteiger partial charge in [-0.2, -0.15) is 11.8 Å². The minimum Gasteiger partial charge on any atom is -0.508 e. The average Bonchev–Trinajstić information content (AvgIpc) is 0.978. The monoisotopic (exact) mass is 1850 g/mol. The molecule has 0 fully saturated rings. The number of amides is 8. The van der Waals surface area contributed by atoms with E-state index in [1.165, 1.54) is 94.3 Å². The van der Waals surface area contributed by atoms with Crippen LogP contribution in [0.2, 0.25) is 0 Å². The molecule has 26 N–H and O–H groups in total. The SMILES string of the molecule is CCCCCCCCCCCCCCCC(=O)N[C@@H](CCCCN)C(=O)N[C@@H](CCCCN)C(=O)C[C@@H](CC(C)C)C(=O)N[C@@H](CCCN=C(N)N)C(=O)C[C@@H](CO)C(=O)N[C@@H](CCSC)C(=O)C[C@H](C(=O)N[C@@H](CC(=O)O)C(=O)C[C@@H](C)C(=O)N[C@@H](Cc1ccc(O)cc1)C(=O)C[C@@H](CCCN=C(N)N)C(=O)N[C@@H](CC(C)C)C(=O)C[C@@H](Cc1cc[nH]c1)C(N)=O)[C@@H](C)O. The van der Waals surface area contributed by atoms with Gasteiger partial charge < -0.3 is 103 Å². The number of Topliss-reactive ketones (excluding diaryl/α,β-unsaturated/α-hetero) is 6. The number of aliphatic imine (C=N–C) groups is 2. The Hall–Kier alpha value is -9.72. The lowest BCUT2D eigenvalue weighted by Gasteiger charge is -2.27. The number of aliphatic hydroxyl groups is 2. The fourth-order valence-electron chi connectivity index (χ4n) is 15.4. The van der Waals surface area contributed by atoms with E-state index in [2.05, 4.69) is 59.1 Å². The number of H-pyrrole nitrogens is 1. The van der Waals surface area contributed by atoms with Gasteiger partial charge >= 0.3 is 5.97 Å². The zero-order chi connectivity index (χ0) is 97.2. The molecule has 0 aliphatic rings. The Morgan fingerprint density at radius 1 is 0.423 bits per heavy atom. The van der Waals surface area contributed by atoms with Crippen LogP contribution in [0.25, 0.3) is 0 Å². The number of aromatic amines is 1. The zero-order valence-corrected chi connectivity index (χ0v) is 79.1. The van der Waals surface area contributed by atoms with E-state index in [-0.39, 0.29) is 144 Å². The molecule has 0 unspecified atom stereocenters. The molecule has 734 valence electrons. The zero-order valence-electron chi connectivity index (χ0n) is 78.2. The van der Waals surface area contributed by atoms with Crippen molar-refractivity contribution in [1.29, 1.82) is 0 Å². The molecule has 1 heterocycles. The quantitative estimate of drug-likeness (QED) is 0.0224. The summed E-state index contributed by atoms with van der Waals surface area (Å²) in [6.07, 6.45) is 16.6. The number of phenolic OH excluding ortho intramolecular Hbond substituents is 1. The van der Waals surface area contributed by atoms with Gasteiger partial charge in [-0.15, -0.1) is 0 Å². The highest BCUT2D eigenvalue weighted by Crippen LogP contribution is 2.26. The number of carboxylic acids is 1. The fraction of sp³-hybridized carbons (Fsp3) is 0.710. The van der Waals surface area contributed by atoms with Crippen LogP contribution in [-0.2, 0) is 84.8 Å². The van der Waals surface area contributed by atoms with Crippen molar-refractivity contribution < 1.29 is 92.3 Å². The summed E-state index contributed by atoms with van der Waals surface area (Å²) in [6.45, 7) is 11.7. The molecule has 1 aromatic carbocycles. The Labute approximate surface area is 772 Å². The van der Waals surface area contributed by atoms with Crippen LogP contribution in [0.4, 0.5) is 0 Å². The van der Waals surface area contributed by atoms with Crippen LogP contribution < -0.4 is 77.4 Å². The van der Waals surface area contributed by atoms with Crippen LogP contribution in [0, 0.1) is 47.3 Å². The second-order valence-corrected chi connectivity index (χ2v) is 36.5. The molecular weight excluding hydrogens is 1690 g/mol. The summed E-state index contributed by atoms with van der Waals surface area (Å²) in [5.41, 5.74) is 41.1. The van der Waals surface area contributed by atoms with Crippen LogP contribution in [0.15, 0.2) is 52.7 Å². The molecule has 130 heavy (non-hydrogen) atoms. The van der Waals surface area contributed by atoms with Gasteiger partial charge in [0.15, 0.2) is 46.6 Å². The Kier molecular flexibility index (Phi) is 59.6. The molecule has 36 nitrogen and oxygen atoms in total. The maximum atomic E-state index is 14.8. The molecule has 37 heteroatoms. The van der Waals surface area contributed by atoms with Gasteiger partial charge in [0.05, 0.1) is 67.2 Å². The number of aliphatic carboxylic acids is 1. The van der Waals surface area contributed by atoms with Crippen molar-refractivity contribution in [2.75, 3.05) is 44.8 Å². The van der Waals surface area contributed by atoms with E-state index >= 15 is 0 Å². The summed E-state index contributed by atoms with van der Waals surface area (Å²) in [4.78, 5) is 223. The van der Waals surface area contributed by atoms with Gasteiger partial charge in [-0.3, -0.25) is 81.9 Å². The van der Waals surface area contributed by atoms with Crippen molar-refractivity contribution in [2.24, 2.45) is 97.5 Å². The van der Waals surface area contributed by atoms with Gasteiger partial charge in [-0.25, -0.2) is 0 Å². The predicted molar refractivity (Wildman–Crippen MR) is 502 cm³/mol. The number of nitrogens with zero attached hydrogens (tertiary/aromatic N) is 2. The van der Waals surface area contributed by atoms with Crippen molar-refractivity contribution >= 4 is 112 Å². The lowest BCUT2D eigenvalue weighted by Crippen LogP contribution is -2.52. The third-order valence-corrected chi connectivity index (χ3v) is 23.7. The lowest BCUT2D eigenvalue weighted by atomic mass is 9.88. The molecule has 2 rings (SSSR count). The van der Waals surface area contributed by atoms with Crippen LogP contribution in [0.3, 0.4) is 0 Å². The number of thioether (sulfide) groups is 1. The fourth-order valence-corrected chi connectivity index (χ4v) is 15.9. The minimum atomic E-state index is -1.89. The first-order chi connectivity index (χ1) is 61.8. The van der Waals surface area contributed by atoms with Gasteiger partial charge in [0.25, 0.3) is 0 Å². The van der Waals surface area contributed by atoms with E-state index in [9.17, 15) is 92.3 Å². The van der Waals surface area contributed by atoms with Gasteiger partial charge in [-0.05, 0) is 176 Å². The summed E-state index contributed by atoms with van der Waals surface area (Å²) in [5, 5.41) is 61.3. The number of carboxylic acid groups (broad SMARTS) is 1. The summed E-state index contributed by atoms with van der Waals surface area (Å²) in [7, 11) is 0. The largest absolute Gasteiger partial charge is 0.508 e. The normalized spacial score (nSPS) is 14.6. The number of benzene rings is 1. The molecule has 0 radical (unpaired) electrons. The van der Waals surface area contributed by atoms with Crippen molar-refractivity contribution in [1.82, 2.24) is 42.2 Å². The Morgan fingerprint density at radius 3 is 1.38 bits per heavy atom. The highest BCUT2D eigenvalue weighted by Gasteiger charge is 2.40. The lowest BCUT2D eigenvalue weighted by molar-refractivity contribution is -0.142. The molecule has 2 aromatic rings. The third kappa shape index (κ3) is 50.1. The molecule has 0 bridgehead atoms. The predicted octanol–water partition coefficient (Wildman–Crippen LogP) is 5.40. The molecular formula is C93H157N17O19S. The first-order valence-electron chi connectivity index (χ1n) is 46.7. The molecule has 0 spiro atoms. The molecule has 0 aliphatic heterocycles. The number of rotatable bonds is 77. The van der Waals surface area contributed by atoms with E-state index in [1.807, 2.05) is 27.7 Å². The van der Waals surface area contributed by atoms with Crippen LogP contribution in [-0.4, -0.2) is 218 Å². The number of aromatic nitrogens is 1. The standard InChI is InChI=1S/C93H157N17O19S/c1-9-10-11-12-13-14-15-16-17-18-19-20-21-32-83(120)104-73(30-23-25-40-95)91(129)107-70(29-22-24-39-94)78(115)52-66(45-58(2)3)88(126)105-71(31-27-42-103-93(99)100)79(116)53-67(57-111)89(127)106-72(38-44-130-8)82(119)54-69(61(7)112)90(128)110-76(55-84(121)122)77(114)47-60(6)86(124)108-75(49-62-33-35-68(113)36-34-62)80(117)50-64(28-26-41-102-92(97)98)87(125)109-74(46-59(4)5)81(118)51-65(85(96)123)48-63-37-43-101-56-63/h33-37,43,56,58-61,64-67,69-76,101,111-113H,9-32,38-42,44-55,57,94-95H2,1-8H3,(H2,96,123)(H,104,120)(H,105,126)(H,106,127)(H,107,129)(H,108,124)(H,109,125)(H,110,128)(H,121,122)(H4,97,98,102)(H4,99,100,103)/t60-,61-,64-,65-,66-,67+,69+,70+,71+,72+,73+,74+,75+,76+/m1/s1. The van der Waals surface area contributed by atoms with Crippen LogP contribution >= 0.6 is 11.8 Å². The number of ketones is 6. The molecule has 0 saturated heterocycles. The number of phenols is 1. The summed E-state index contributed by atoms with van der Waals surface area (Å²) >= 11 is 1.27. The number of primary amides is 1. The van der Waals surface area contributed by atoms with E-state index in [4.69, 9.17) is 40.1 Å². The first-order valence-corrected chi connectivity index (χ1v) is 48.1. The van der Waals surface area contributed by atoms with E-state index in [0.29, 0.717) is 50.8 Å². The number of aromatic hydroxyl groups is 1. The topological polar surface area (TPSA) is 644 Å². The number of unbranched alkanes of at least 4 members (excludes halogenated alkanes) is 14. The Morgan fingerprint density at radius 2 is 0.869 bits per heavy atom. The number of aliphatic hydroxyl groups excluding tert-OH is 2. The first kappa shape index (κ1) is 116. The maximum Gasteiger partial charge on any atom is 0.305 e.